The van der Waals surface area contributed by atoms with Crippen LogP contribution in [0.5, 0.6) is 0 Å². The van der Waals surface area contributed by atoms with Crippen LogP contribution in [0.1, 0.15) is 53.7 Å². The average Bonchev–Trinajstić information content (AvgIpc) is 3.44. The molecule has 34 heavy (non-hydrogen) atoms. The number of aryl methyl sites for hydroxylation is 1. The van der Waals surface area contributed by atoms with Crippen LogP contribution in [0, 0.1) is 18.7 Å². The first-order valence-electron chi connectivity index (χ1n) is 11.5. The van der Waals surface area contributed by atoms with Gasteiger partial charge in [-0.15, -0.1) is 0 Å². The van der Waals surface area contributed by atoms with Crippen LogP contribution in [-0.4, -0.2) is 25.7 Å². The lowest BCUT2D eigenvalue weighted by atomic mass is 10.1. The van der Waals surface area contributed by atoms with Crippen molar-refractivity contribution in [2.45, 2.75) is 45.7 Å². The molecule has 1 aliphatic carbocycles. The molecule has 1 amide bonds. The highest BCUT2D eigenvalue weighted by Gasteiger charge is 2.27. The Morgan fingerprint density at radius 2 is 1.97 bits per heavy atom. The predicted octanol–water partition coefficient (Wildman–Crippen LogP) is 4.81. The Hall–Kier alpha value is -3.81. The summed E-state index contributed by atoms with van der Waals surface area (Å²) in [5.74, 6) is 0.347. The van der Waals surface area contributed by atoms with Crippen molar-refractivity contribution in [3.63, 3.8) is 0 Å². The highest BCUT2D eigenvalue weighted by Crippen LogP contribution is 2.38. The second kappa shape index (κ2) is 8.85. The highest BCUT2D eigenvalue weighted by molar-refractivity contribution is 5.98. The molecule has 1 saturated carbocycles. The van der Waals surface area contributed by atoms with Crippen molar-refractivity contribution in [3.8, 4) is 11.3 Å². The first-order valence-corrected chi connectivity index (χ1v) is 11.5. The number of nitrogen functional groups attached to an aromatic ring is 1. The van der Waals surface area contributed by atoms with Gasteiger partial charge in [-0.25, -0.2) is 19.0 Å². The summed E-state index contributed by atoms with van der Waals surface area (Å²) < 4.78 is 15.5. The zero-order valence-electron chi connectivity index (χ0n) is 19.3. The number of nitrogens with two attached hydrogens (primary N) is 1. The molecular weight excluding hydrogens is 431 g/mol. The molecular formula is C26H27FN6O. The normalized spacial score (nSPS) is 17.9. The number of rotatable bonds is 5. The maximum Gasteiger partial charge on any atom is 0.251 e. The van der Waals surface area contributed by atoms with Crippen LogP contribution < -0.4 is 11.1 Å². The van der Waals surface area contributed by atoms with Crippen LogP contribution in [0.15, 0.2) is 48.8 Å². The minimum absolute atomic E-state index is 0.304. The van der Waals surface area contributed by atoms with Gasteiger partial charge in [-0.2, -0.15) is 5.10 Å². The third kappa shape index (κ3) is 4.11. The molecule has 0 radical (unpaired) electrons. The maximum atomic E-state index is 13.5. The van der Waals surface area contributed by atoms with Crippen LogP contribution in [0.2, 0.25) is 0 Å². The minimum Gasteiger partial charge on any atom is -0.383 e. The van der Waals surface area contributed by atoms with Gasteiger partial charge in [0, 0.05) is 17.7 Å². The van der Waals surface area contributed by atoms with Gasteiger partial charge in [0.2, 0.25) is 0 Å². The summed E-state index contributed by atoms with van der Waals surface area (Å²) in [6.45, 7) is 4.38. The molecule has 2 heterocycles. The van der Waals surface area contributed by atoms with Crippen molar-refractivity contribution in [2.24, 2.45) is 5.92 Å². The number of nitrogens with one attached hydrogen (secondary N) is 1. The lowest BCUT2D eigenvalue weighted by Gasteiger charge is -2.11. The molecule has 3 N–H and O–H groups in total. The number of hydrogen-bond acceptors (Lipinski definition) is 5. The zero-order valence-corrected chi connectivity index (χ0v) is 19.3. The summed E-state index contributed by atoms with van der Waals surface area (Å²) in [5.41, 5.74) is 10.7. The maximum absolute atomic E-state index is 13.5. The number of carbonyl (C=O) groups excluding carboxylic acids is 1. The van der Waals surface area contributed by atoms with Crippen LogP contribution in [0.25, 0.3) is 22.3 Å². The summed E-state index contributed by atoms with van der Waals surface area (Å²) in [6, 6.07) is 12.3. The van der Waals surface area contributed by atoms with Gasteiger partial charge in [0.15, 0.2) is 5.65 Å². The Morgan fingerprint density at radius 3 is 2.71 bits per heavy atom. The molecule has 1 aliphatic rings. The van der Waals surface area contributed by atoms with Gasteiger partial charge in [0.1, 0.15) is 23.7 Å². The molecule has 5 rings (SSSR count). The zero-order chi connectivity index (χ0) is 23.8. The summed E-state index contributed by atoms with van der Waals surface area (Å²) in [4.78, 5) is 21.2. The molecule has 0 spiro atoms. The largest absolute Gasteiger partial charge is 0.383 e. The quantitative estimate of drug-likeness (QED) is 0.447. The molecule has 174 valence electrons. The average molecular weight is 459 g/mol. The lowest BCUT2D eigenvalue weighted by molar-refractivity contribution is 0.0950. The monoisotopic (exact) mass is 458 g/mol. The lowest BCUT2D eigenvalue weighted by Crippen LogP contribution is -2.23. The Bertz CT molecular complexity index is 1360. The molecule has 0 bridgehead atoms. The Labute approximate surface area is 197 Å². The number of nitrogens with zero attached hydrogens (tertiary/aromatic N) is 4. The first kappa shape index (κ1) is 22.0. The third-order valence-electron chi connectivity index (χ3n) is 6.66. The first-order chi connectivity index (χ1) is 16.4. The number of halogens is 1. The van der Waals surface area contributed by atoms with Crippen molar-refractivity contribution < 1.29 is 9.18 Å². The summed E-state index contributed by atoms with van der Waals surface area (Å²) in [7, 11) is 0. The fourth-order valence-electron chi connectivity index (χ4n) is 4.75. The predicted molar refractivity (Wildman–Crippen MR) is 130 cm³/mol. The second-order valence-electron chi connectivity index (χ2n) is 9.16. The SMILES string of the molecule is Cc1ccc(F)cc1C(=O)NCc1ccc(-c2nn(C3CCC(C)C3)c3ncnc(N)c23)cc1. The van der Waals surface area contributed by atoms with Crippen molar-refractivity contribution in [1.82, 2.24) is 25.1 Å². The van der Waals surface area contributed by atoms with E-state index in [0.717, 1.165) is 46.3 Å². The Balaban J connectivity index is 1.39. The fourth-order valence-corrected chi connectivity index (χ4v) is 4.75. The van der Waals surface area contributed by atoms with Gasteiger partial charge in [0.25, 0.3) is 5.91 Å². The minimum atomic E-state index is -0.429. The van der Waals surface area contributed by atoms with Gasteiger partial charge in [0.05, 0.1) is 11.4 Å². The van der Waals surface area contributed by atoms with Crippen LogP contribution in [0.3, 0.4) is 0 Å². The molecule has 0 saturated heterocycles. The number of benzene rings is 2. The van der Waals surface area contributed by atoms with Gasteiger partial charge in [-0.3, -0.25) is 4.79 Å². The van der Waals surface area contributed by atoms with E-state index in [1.54, 1.807) is 13.0 Å². The number of carbonyl (C=O) groups is 1. The summed E-state index contributed by atoms with van der Waals surface area (Å²) in [5, 5.41) is 8.56. The fraction of sp³-hybridized carbons (Fsp3) is 0.308. The topological polar surface area (TPSA) is 98.7 Å². The van der Waals surface area contributed by atoms with E-state index in [2.05, 4.69) is 22.2 Å². The Kier molecular flexibility index (Phi) is 5.73. The number of hydrogen-bond donors (Lipinski definition) is 2. The van der Waals surface area contributed by atoms with E-state index in [9.17, 15) is 9.18 Å². The third-order valence-corrected chi connectivity index (χ3v) is 6.66. The van der Waals surface area contributed by atoms with Crippen LogP contribution in [0.4, 0.5) is 10.2 Å². The summed E-state index contributed by atoms with van der Waals surface area (Å²) >= 11 is 0. The molecule has 1 fully saturated rings. The van der Waals surface area contributed by atoms with Gasteiger partial charge < -0.3 is 11.1 Å². The Morgan fingerprint density at radius 1 is 1.18 bits per heavy atom. The van der Waals surface area contributed by atoms with E-state index >= 15 is 0 Å². The van der Waals surface area contributed by atoms with Crippen molar-refractivity contribution >= 4 is 22.8 Å². The molecule has 7 nitrogen and oxygen atoms in total. The number of anilines is 1. The van der Waals surface area contributed by atoms with E-state index in [1.165, 1.54) is 24.9 Å². The van der Waals surface area contributed by atoms with Crippen LogP contribution in [-0.2, 0) is 6.54 Å². The van der Waals surface area contributed by atoms with Crippen molar-refractivity contribution in [2.75, 3.05) is 5.73 Å². The number of aromatic nitrogens is 4. The molecule has 8 heteroatoms. The van der Waals surface area contributed by atoms with E-state index < -0.39 is 5.82 Å². The van der Waals surface area contributed by atoms with Crippen LogP contribution >= 0.6 is 0 Å². The number of amides is 1. The second-order valence-corrected chi connectivity index (χ2v) is 9.16. The molecule has 2 atom stereocenters. The van der Waals surface area contributed by atoms with Gasteiger partial charge in [-0.1, -0.05) is 37.3 Å². The molecule has 0 aliphatic heterocycles. The standard InChI is InChI=1S/C26H27FN6O/c1-15-3-10-20(11-15)33-25-22(24(28)30-14-31-25)23(32-33)18-7-5-17(6-8-18)13-29-26(34)21-12-19(27)9-4-16(21)2/h4-9,12,14-15,20H,3,10-11,13H2,1-2H3,(H,29,34)(H2,28,30,31). The van der Waals surface area contributed by atoms with E-state index in [1.807, 2.05) is 28.9 Å². The summed E-state index contributed by atoms with van der Waals surface area (Å²) in [6.07, 6.45) is 4.82. The molecule has 2 unspecified atom stereocenters. The molecule has 2 aromatic carbocycles. The molecule has 2 aromatic heterocycles. The molecule has 4 aromatic rings. The van der Waals surface area contributed by atoms with Gasteiger partial charge >= 0.3 is 0 Å². The van der Waals surface area contributed by atoms with Crippen molar-refractivity contribution in [1.29, 1.82) is 0 Å². The van der Waals surface area contributed by atoms with Crippen molar-refractivity contribution in [3.05, 3.63) is 71.3 Å². The van der Waals surface area contributed by atoms with E-state index in [0.29, 0.717) is 29.9 Å². The van der Waals surface area contributed by atoms with E-state index in [-0.39, 0.29) is 5.91 Å². The highest BCUT2D eigenvalue weighted by atomic mass is 19.1. The smallest absolute Gasteiger partial charge is 0.251 e. The number of fused-ring (bicyclic) bond motifs is 1. The van der Waals surface area contributed by atoms with Gasteiger partial charge in [-0.05, 0) is 55.4 Å². The van der Waals surface area contributed by atoms with E-state index in [4.69, 9.17) is 10.8 Å².